The average Bonchev–Trinajstić information content (AvgIpc) is 2.09. The lowest BCUT2D eigenvalue weighted by atomic mass is 10.2. The molecule has 0 heterocycles. The van der Waals surface area contributed by atoms with E-state index >= 15 is 0 Å². The summed E-state index contributed by atoms with van der Waals surface area (Å²) >= 11 is 0. The number of aliphatic hydroxyl groups excluding tert-OH is 1. The van der Waals surface area contributed by atoms with Gasteiger partial charge in [0.15, 0.2) is 11.5 Å². The molecule has 0 aliphatic heterocycles. The van der Waals surface area contributed by atoms with Crippen molar-refractivity contribution in [2.24, 2.45) is 0 Å². The molecular weight excluding hydrogens is 163 g/mol. The summed E-state index contributed by atoms with van der Waals surface area (Å²) in [6.45, 7) is -0.319. The number of halogens is 1. The number of hydrogen-bond donors (Lipinski definition) is 2. The molecule has 0 bridgehead atoms. The molecule has 0 atom stereocenters. The first-order valence-electron chi connectivity index (χ1n) is 3.36. The Morgan fingerprint density at radius 3 is 2.67 bits per heavy atom. The van der Waals surface area contributed by atoms with Crippen LogP contribution in [-0.2, 0) is 6.61 Å². The lowest BCUT2D eigenvalue weighted by molar-refractivity contribution is 0.269. The fourth-order valence-corrected chi connectivity index (χ4v) is 0.931. The van der Waals surface area contributed by atoms with Crippen LogP contribution in [0.2, 0.25) is 0 Å². The quantitative estimate of drug-likeness (QED) is 0.700. The average molecular weight is 172 g/mol. The smallest absolute Gasteiger partial charge is 0.206 e. The molecule has 4 heteroatoms. The molecule has 3 nitrogen and oxygen atoms in total. The van der Waals surface area contributed by atoms with Crippen molar-refractivity contribution in [3.05, 3.63) is 23.5 Å². The Balaban J connectivity index is 3.25. The molecule has 0 radical (unpaired) electrons. The summed E-state index contributed by atoms with van der Waals surface area (Å²) in [5.74, 6) is -1.44. The van der Waals surface area contributed by atoms with E-state index in [4.69, 9.17) is 10.2 Å². The van der Waals surface area contributed by atoms with Gasteiger partial charge in [-0.2, -0.15) is 4.39 Å². The van der Waals surface area contributed by atoms with Gasteiger partial charge in [0.1, 0.15) is 0 Å². The fourth-order valence-electron chi connectivity index (χ4n) is 0.931. The zero-order valence-electron chi connectivity index (χ0n) is 6.54. The van der Waals surface area contributed by atoms with Crippen LogP contribution in [0.5, 0.6) is 11.5 Å². The Morgan fingerprint density at radius 2 is 2.17 bits per heavy atom. The van der Waals surface area contributed by atoms with Crippen LogP contribution in [0.15, 0.2) is 12.1 Å². The predicted octanol–water partition coefficient (Wildman–Crippen LogP) is 1.03. The highest BCUT2D eigenvalue weighted by Gasteiger charge is 2.12. The molecule has 0 amide bonds. The van der Waals surface area contributed by atoms with Crippen molar-refractivity contribution in [1.82, 2.24) is 0 Å². The Morgan fingerprint density at radius 1 is 1.50 bits per heavy atom. The summed E-state index contributed by atoms with van der Waals surface area (Å²) in [4.78, 5) is 0. The molecule has 0 fully saturated rings. The molecule has 0 saturated heterocycles. The normalized spacial score (nSPS) is 9.92. The second-order valence-corrected chi connectivity index (χ2v) is 2.25. The number of aliphatic hydroxyl groups is 1. The molecule has 1 aromatic rings. The van der Waals surface area contributed by atoms with Crippen molar-refractivity contribution in [2.75, 3.05) is 7.11 Å². The SMILES string of the molecule is COc1c(CO)ccc(O)c1F. The maximum Gasteiger partial charge on any atom is 0.206 e. The Bertz CT molecular complexity index is 286. The van der Waals surface area contributed by atoms with Gasteiger partial charge >= 0.3 is 0 Å². The van der Waals surface area contributed by atoms with E-state index in [9.17, 15) is 4.39 Å². The number of hydrogen-bond acceptors (Lipinski definition) is 3. The molecule has 0 aliphatic rings. The number of ether oxygens (including phenoxy) is 1. The Labute approximate surface area is 69.0 Å². The van der Waals surface area contributed by atoms with E-state index in [1.807, 2.05) is 0 Å². The van der Waals surface area contributed by atoms with Gasteiger partial charge in [-0.15, -0.1) is 0 Å². The topological polar surface area (TPSA) is 49.7 Å². The van der Waals surface area contributed by atoms with Gasteiger partial charge in [0, 0.05) is 5.56 Å². The third-order valence-corrected chi connectivity index (χ3v) is 1.53. The van der Waals surface area contributed by atoms with Crippen LogP contribution < -0.4 is 4.74 Å². The standard InChI is InChI=1S/C8H9FO3/c1-12-8-5(4-10)2-3-6(11)7(8)9/h2-3,10-11H,4H2,1H3. The Kier molecular flexibility index (Phi) is 2.50. The van der Waals surface area contributed by atoms with E-state index in [0.717, 1.165) is 0 Å². The van der Waals surface area contributed by atoms with Crippen molar-refractivity contribution in [1.29, 1.82) is 0 Å². The maximum atomic E-state index is 13.0. The van der Waals surface area contributed by atoms with Crippen LogP contribution in [0, 0.1) is 5.82 Å². The van der Waals surface area contributed by atoms with Gasteiger partial charge in [-0.05, 0) is 12.1 Å². The fraction of sp³-hybridized carbons (Fsp3) is 0.250. The molecule has 1 aromatic carbocycles. The highest BCUT2D eigenvalue weighted by atomic mass is 19.1. The van der Waals surface area contributed by atoms with Crippen LogP contribution in [-0.4, -0.2) is 17.3 Å². The van der Waals surface area contributed by atoms with Gasteiger partial charge in [-0.3, -0.25) is 0 Å². The molecule has 0 unspecified atom stereocenters. The summed E-state index contributed by atoms with van der Waals surface area (Å²) < 4.78 is 17.6. The van der Waals surface area contributed by atoms with E-state index in [1.54, 1.807) is 0 Å². The number of phenolic OH excluding ortho intramolecular Hbond substituents is 1. The second-order valence-electron chi connectivity index (χ2n) is 2.25. The van der Waals surface area contributed by atoms with Gasteiger partial charge in [0.05, 0.1) is 13.7 Å². The van der Waals surface area contributed by atoms with Crippen LogP contribution in [0.25, 0.3) is 0 Å². The zero-order valence-corrected chi connectivity index (χ0v) is 6.54. The van der Waals surface area contributed by atoms with Gasteiger partial charge in [-0.25, -0.2) is 0 Å². The highest BCUT2D eigenvalue weighted by Crippen LogP contribution is 2.29. The van der Waals surface area contributed by atoms with Crippen molar-refractivity contribution < 1.29 is 19.3 Å². The minimum atomic E-state index is -0.843. The van der Waals surface area contributed by atoms with Crippen LogP contribution in [0.4, 0.5) is 4.39 Å². The zero-order chi connectivity index (χ0) is 9.14. The number of rotatable bonds is 2. The third kappa shape index (κ3) is 1.33. The van der Waals surface area contributed by atoms with Gasteiger partial charge in [0.25, 0.3) is 0 Å². The molecule has 0 spiro atoms. The Hall–Kier alpha value is -1.29. The minimum absolute atomic E-state index is 0.113. The molecular formula is C8H9FO3. The molecule has 0 saturated carbocycles. The molecule has 2 N–H and O–H groups in total. The maximum absolute atomic E-state index is 13.0. The largest absolute Gasteiger partial charge is 0.505 e. The van der Waals surface area contributed by atoms with Crippen molar-refractivity contribution >= 4 is 0 Å². The number of methoxy groups -OCH3 is 1. The third-order valence-electron chi connectivity index (χ3n) is 1.53. The van der Waals surface area contributed by atoms with Gasteiger partial charge in [0.2, 0.25) is 5.82 Å². The first-order chi connectivity index (χ1) is 5.70. The van der Waals surface area contributed by atoms with Crippen molar-refractivity contribution in [2.45, 2.75) is 6.61 Å². The monoisotopic (exact) mass is 172 g/mol. The molecule has 0 aromatic heterocycles. The van der Waals surface area contributed by atoms with Crippen LogP contribution in [0.3, 0.4) is 0 Å². The highest BCUT2D eigenvalue weighted by molar-refractivity contribution is 5.41. The van der Waals surface area contributed by atoms with Gasteiger partial charge < -0.3 is 14.9 Å². The molecule has 12 heavy (non-hydrogen) atoms. The van der Waals surface area contributed by atoms with E-state index in [0.29, 0.717) is 5.56 Å². The second kappa shape index (κ2) is 3.40. The first-order valence-corrected chi connectivity index (χ1v) is 3.36. The van der Waals surface area contributed by atoms with E-state index in [-0.39, 0.29) is 12.4 Å². The predicted molar refractivity (Wildman–Crippen MR) is 40.5 cm³/mol. The van der Waals surface area contributed by atoms with Crippen molar-refractivity contribution in [3.63, 3.8) is 0 Å². The van der Waals surface area contributed by atoms with Crippen LogP contribution in [0.1, 0.15) is 5.56 Å². The molecule has 66 valence electrons. The minimum Gasteiger partial charge on any atom is -0.505 e. The summed E-state index contributed by atoms with van der Waals surface area (Å²) in [6.07, 6.45) is 0. The van der Waals surface area contributed by atoms with E-state index in [1.165, 1.54) is 19.2 Å². The summed E-state index contributed by atoms with van der Waals surface area (Å²) in [5.41, 5.74) is 0.313. The number of phenols is 1. The summed E-state index contributed by atoms with van der Waals surface area (Å²) in [6, 6.07) is 2.57. The van der Waals surface area contributed by atoms with Crippen LogP contribution >= 0.6 is 0 Å². The number of aromatic hydroxyl groups is 1. The lowest BCUT2D eigenvalue weighted by Crippen LogP contribution is -1.95. The van der Waals surface area contributed by atoms with E-state index < -0.39 is 11.6 Å². The van der Waals surface area contributed by atoms with E-state index in [2.05, 4.69) is 4.74 Å². The molecule has 0 aliphatic carbocycles. The first kappa shape index (κ1) is 8.80. The number of benzene rings is 1. The lowest BCUT2D eigenvalue weighted by Gasteiger charge is -2.07. The molecule has 1 rings (SSSR count). The van der Waals surface area contributed by atoms with Crippen molar-refractivity contribution in [3.8, 4) is 11.5 Å². The summed E-state index contributed by atoms with van der Waals surface area (Å²) in [7, 11) is 1.27. The van der Waals surface area contributed by atoms with Gasteiger partial charge in [-0.1, -0.05) is 0 Å². The summed E-state index contributed by atoms with van der Waals surface area (Å²) in [5, 5.41) is 17.7.